The normalized spacial score (nSPS) is 12.8. The van der Waals surface area contributed by atoms with E-state index in [1.165, 1.54) is 0 Å². The van der Waals surface area contributed by atoms with Gasteiger partial charge in [-0.1, -0.05) is 29.8 Å². The molecule has 1 aromatic rings. The fraction of sp³-hybridized carbons (Fsp3) is 0.250. The van der Waals surface area contributed by atoms with Gasteiger partial charge in [0.05, 0.1) is 5.75 Å². The molecule has 0 aromatic heterocycles. The van der Waals surface area contributed by atoms with Gasteiger partial charge in [0.2, 0.25) is 0 Å². The maximum atomic E-state index is 10.4. The maximum absolute atomic E-state index is 10.4. The van der Waals surface area contributed by atoms with Gasteiger partial charge in [0.25, 0.3) is 0 Å². The standard InChI is InChI=1S/C8H9ClO2S/c9-8-4-2-1-3-7(8)5-6-12(10)11/h1-4H,5-6H2,(H,10,11). The zero-order valence-electron chi connectivity index (χ0n) is 6.37. The zero-order valence-corrected chi connectivity index (χ0v) is 7.94. The van der Waals surface area contributed by atoms with E-state index in [9.17, 15) is 4.21 Å². The van der Waals surface area contributed by atoms with E-state index in [4.69, 9.17) is 16.2 Å². The topological polar surface area (TPSA) is 37.3 Å². The Morgan fingerprint density at radius 1 is 1.42 bits per heavy atom. The Kier molecular flexibility index (Phi) is 3.72. The van der Waals surface area contributed by atoms with Crippen molar-refractivity contribution in [1.82, 2.24) is 0 Å². The molecule has 1 rings (SSSR count). The molecule has 0 amide bonds. The number of benzene rings is 1. The first kappa shape index (κ1) is 9.71. The summed E-state index contributed by atoms with van der Waals surface area (Å²) < 4.78 is 18.9. The van der Waals surface area contributed by atoms with Gasteiger partial charge >= 0.3 is 0 Å². The lowest BCUT2D eigenvalue weighted by Crippen LogP contribution is -1.99. The first-order valence-electron chi connectivity index (χ1n) is 3.51. The highest BCUT2D eigenvalue weighted by Crippen LogP contribution is 2.15. The monoisotopic (exact) mass is 204 g/mol. The van der Waals surface area contributed by atoms with Gasteiger partial charge < -0.3 is 4.55 Å². The quantitative estimate of drug-likeness (QED) is 0.766. The first-order chi connectivity index (χ1) is 5.70. The summed E-state index contributed by atoms with van der Waals surface area (Å²) in [6.07, 6.45) is 0.544. The van der Waals surface area contributed by atoms with Crippen LogP contribution in [0.2, 0.25) is 5.02 Å². The molecule has 0 aliphatic rings. The summed E-state index contributed by atoms with van der Waals surface area (Å²) in [5.74, 6) is 0.240. The summed E-state index contributed by atoms with van der Waals surface area (Å²) >= 11 is 4.09. The number of hydrogen-bond acceptors (Lipinski definition) is 1. The van der Waals surface area contributed by atoms with Gasteiger partial charge in [-0.05, 0) is 18.1 Å². The Labute approximate surface area is 78.8 Å². The fourth-order valence-corrected chi connectivity index (χ4v) is 1.52. The number of hydrogen-bond donors (Lipinski definition) is 1. The highest BCUT2D eigenvalue weighted by atomic mass is 35.5. The average molecular weight is 205 g/mol. The Bertz CT molecular complexity index is 288. The molecule has 1 unspecified atom stereocenters. The summed E-state index contributed by atoms with van der Waals surface area (Å²) in [7, 11) is 0. The summed E-state index contributed by atoms with van der Waals surface area (Å²) in [5, 5.41) is 0.656. The van der Waals surface area contributed by atoms with Gasteiger partial charge in [0.15, 0.2) is 11.1 Å². The van der Waals surface area contributed by atoms with E-state index >= 15 is 0 Å². The molecule has 66 valence electrons. The SMILES string of the molecule is O=S(O)CCc1ccccc1Cl. The molecule has 0 fully saturated rings. The summed E-state index contributed by atoms with van der Waals surface area (Å²) in [4.78, 5) is 0. The first-order valence-corrected chi connectivity index (χ1v) is 5.16. The molecule has 0 saturated carbocycles. The van der Waals surface area contributed by atoms with Gasteiger partial charge in [-0.25, -0.2) is 4.21 Å². The van der Waals surface area contributed by atoms with Crippen LogP contribution in [0.3, 0.4) is 0 Å². The molecule has 0 heterocycles. The van der Waals surface area contributed by atoms with Crippen molar-refractivity contribution in [3.8, 4) is 0 Å². The van der Waals surface area contributed by atoms with Gasteiger partial charge in [-0.15, -0.1) is 0 Å². The maximum Gasteiger partial charge on any atom is 0.153 e. The van der Waals surface area contributed by atoms with Crippen molar-refractivity contribution in [3.63, 3.8) is 0 Å². The van der Waals surface area contributed by atoms with Crippen LogP contribution < -0.4 is 0 Å². The van der Waals surface area contributed by atoms with Crippen LogP contribution in [-0.2, 0) is 17.5 Å². The van der Waals surface area contributed by atoms with Crippen LogP contribution in [0.5, 0.6) is 0 Å². The van der Waals surface area contributed by atoms with Gasteiger partial charge in [-0.2, -0.15) is 0 Å². The van der Waals surface area contributed by atoms with Crippen molar-refractivity contribution in [2.24, 2.45) is 0 Å². The molecule has 2 nitrogen and oxygen atoms in total. The van der Waals surface area contributed by atoms with E-state index in [2.05, 4.69) is 0 Å². The molecule has 1 N–H and O–H groups in total. The highest BCUT2D eigenvalue weighted by molar-refractivity contribution is 7.79. The molecule has 4 heteroatoms. The Morgan fingerprint density at radius 3 is 2.67 bits per heavy atom. The van der Waals surface area contributed by atoms with E-state index in [1.807, 2.05) is 18.2 Å². The van der Waals surface area contributed by atoms with Crippen molar-refractivity contribution in [1.29, 1.82) is 0 Å². The molecular formula is C8H9ClO2S. The molecule has 0 saturated heterocycles. The Hall–Kier alpha value is -0.380. The molecule has 1 aromatic carbocycles. The number of aryl methyl sites for hydroxylation is 1. The van der Waals surface area contributed by atoms with Crippen LogP contribution in [0.4, 0.5) is 0 Å². The van der Waals surface area contributed by atoms with Crippen molar-refractivity contribution in [2.45, 2.75) is 6.42 Å². The summed E-state index contributed by atoms with van der Waals surface area (Å²) in [6.45, 7) is 0. The van der Waals surface area contributed by atoms with Crippen molar-refractivity contribution < 1.29 is 8.76 Å². The predicted octanol–water partition coefficient (Wildman–Crippen LogP) is 2.10. The minimum atomic E-state index is -1.73. The second kappa shape index (κ2) is 4.60. The van der Waals surface area contributed by atoms with Gasteiger partial charge in [0, 0.05) is 5.02 Å². The lowest BCUT2D eigenvalue weighted by molar-refractivity contribution is 0.563. The van der Waals surface area contributed by atoms with Crippen LogP contribution in [0.15, 0.2) is 24.3 Å². The largest absolute Gasteiger partial charge is 0.306 e. The minimum absolute atomic E-state index is 0.240. The van der Waals surface area contributed by atoms with Crippen molar-refractivity contribution in [2.75, 3.05) is 5.75 Å². The lowest BCUT2D eigenvalue weighted by atomic mass is 10.2. The van der Waals surface area contributed by atoms with E-state index < -0.39 is 11.1 Å². The molecule has 0 bridgehead atoms. The van der Waals surface area contributed by atoms with Crippen LogP contribution in [0.25, 0.3) is 0 Å². The third-order valence-electron chi connectivity index (χ3n) is 1.50. The van der Waals surface area contributed by atoms with Crippen LogP contribution in [-0.4, -0.2) is 14.5 Å². The summed E-state index contributed by atoms with van der Waals surface area (Å²) in [6, 6.07) is 7.33. The molecule has 0 aliphatic heterocycles. The minimum Gasteiger partial charge on any atom is -0.306 e. The second-order valence-corrected chi connectivity index (χ2v) is 3.83. The predicted molar refractivity (Wildman–Crippen MR) is 50.8 cm³/mol. The molecule has 12 heavy (non-hydrogen) atoms. The molecule has 0 radical (unpaired) electrons. The fourth-order valence-electron chi connectivity index (χ4n) is 0.898. The van der Waals surface area contributed by atoms with Crippen LogP contribution in [0, 0.1) is 0 Å². The number of halogens is 1. The highest BCUT2D eigenvalue weighted by Gasteiger charge is 2.00. The summed E-state index contributed by atoms with van der Waals surface area (Å²) in [5.41, 5.74) is 0.918. The molecule has 0 spiro atoms. The van der Waals surface area contributed by atoms with E-state index in [-0.39, 0.29) is 5.75 Å². The second-order valence-electron chi connectivity index (χ2n) is 2.37. The average Bonchev–Trinajstić information content (AvgIpc) is 2.03. The van der Waals surface area contributed by atoms with Gasteiger partial charge in [-0.3, -0.25) is 0 Å². The smallest absolute Gasteiger partial charge is 0.153 e. The van der Waals surface area contributed by atoms with Crippen LogP contribution >= 0.6 is 11.6 Å². The van der Waals surface area contributed by atoms with E-state index in [0.717, 1.165) is 5.56 Å². The van der Waals surface area contributed by atoms with Crippen molar-refractivity contribution in [3.05, 3.63) is 34.9 Å². The zero-order chi connectivity index (χ0) is 8.97. The third-order valence-corrected chi connectivity index (χ3v) is 2.43. The Morgan fingerprint density at radius 2 is 2.08 bits per heavy atom. The van der Waals surface area contributed by atoms with E-state index in [1.54, 1.807) is 6.07 Å². The van der Waals surface area contributed by atoms with Gasteiger partial charge in [0.1, 0.15) is 0 Å². The molecular weight excluding hydrogens is 196 g/mol. The molecule has 0 aliphatic carbocycles. The van der Waals surface area contributed by atoms with Crippen LogP contribution in [0.1, 0.15) is 5.56 Å². The van der Waals surface area contributed by atoms with Crippen molar-refractivity contribution >= 4 is 22.7 Å². The molecule has 1 atom stereocenters. The van der Waals surface area contributed by atoms with E-state index in [0.29, 0.717) is 11.4 Å². The third kappa shape index (κ3) is 2.93. The Balaban J connectivity index is 2.63. The lowest BCUT2D eigenvalue weighted by Gasteiger charge is -2.00. The number of rotatable bonds is 3.